The highest BCUT2D eigenvalue weighted by molar-refractivity contribution is 7.89. The van der Waals surface area contributed by atoms with Crippen LogP contribution in [0, 0.1) is 11.3 Å². The standard InChI is InChI=1S/C10H12N4O3S/c11-5-8-7-14(3-4-17-8)18(15,16)9-1-2-10(12)13-6-9/h1-2,6,8H,3-4,7H2,(H2,12,13). The number of morpholine rings is 1. The van der Waals surface area contributed by atoms with Gasteiger partial charge in [0.05, 0.1) is 19.2 Å². The van der Waals surface area contributed by atoms with Gasteiger partial charge in [-0.15, -0.1) is 0 Å². The summed E-state index contributed by atoms with van der Waals surface area (Å²) in [5, 5.41) is 8.76. The summed E-state index contributed by atoms with van der Waals surface area (Å²) in [6.45, 7) is 0.466. The Bertz CT molecular complexity index is 564. The molecule has 0 bridgehead atoms. The summed E-state index contributed by atoms with van der Waals surface area (Å²) in [4.78, 5) is 3.82. The maximum atomic E-state index is 12.2. The van der Waals surface area contributed by atoms with Crippen LogP contribution in [0.15, 0.2) is 23.2 Å². The van der Waals surface area contributed by atoms with Crippen molar-refractivity contribution in [1.82, 2.24) is 9.29 Å². The molecule has 1 aromatic rings. The number of nitrogens with zero attached hydrogens (tertiary/aromatic N) is 3. The predicted octanol–water partition coefficient (Wildman–Crippen LogP) is -0.423. The lowest BCUT2D eigenvalue weighted by molar-refractivity contribution is 0.0311. The highest BCUT2D eigenvalue weighted by Crippen LogP contribution is 2.18. The molecule has 1 atom stereocenters. The lowest BCUT2D eigenvalue weighted by atomic mass is 10.3. The molecular weight excluding hydrogens is 256 g/mol. The summed E-state index contributed by atoms with van der Waals surface area (Å²) in [6, 6.07) is 4.73. The van der Waals surface area contributed by atoms with Gasteiger partial charge in [0.2, 0.25) is 10.0 Å². The first-order chi connectivity index (χ1) is 8.54. The van der Waals surface area contributed by atoms with Crippen molar-refractivity contribution in [2.45, 2.75) is 11.0 Å². The van der Waals surface area contributed by atoms with Crippen LogP contribution in [-0.2, 0) is 14.8 Å². The van der Waals surface area contributed by atoms with E-state index in [2.05, 4.69) is 4.98 Å². The molecule has 1 unspecified atom stereocenters. The third-order valence-corrected chi connectivity index (χ3v) is 4.42. The quantitative estimate of drug-likeness (QED) is 0.780. The fourth-order valence-electron chi connectivity index (χ4n) is 1.62. The second kappa shape index (κ2) is 4.89. The zero-order chi connectivity index (χ0) is 13.2. The van der Waals surface area contributed by atoms with E-state index in [4.69, 9.17) is 15.7 Å². The molecule has 0 saturated carbocycles. The molecule has 1 aliphatic heterocycles. The second-order valence-electron chi connectivity index (χ2n) is 3.77. The molecule has 7 nitrogen and oxygen atoms in total. The molecule has 0 amide bonds. The Hall–Kier alpha value is -1.69. The third kappa shape index (κ3) is 2.43. The maximum Gasteiger partial charge on any atom is 0.244 e. The van der Waals surface area contributed by atoms with Crippen LogP contribution in [0.4, 0.5) is 5.82 Å². The van der Waals surface area contributed by atoms with Gasteiger partial charge in [0.1, 0.15) is 10.7 Å². The molecule has 18 heavy (non-hydrogen) atoms. The molecule has 96 valence electrons. The first kappa shape index (κ1) is 12.8. The monoisotopic (exact) mass is 268 g/mol. The number of ether oxygens (including phenoxy) is 1. The maximum absolute atomic E-state index is 12.2. The van der Waals surface area contributed by atoms with Gasteiger partial charge >= 0.3 is 0 Å². The summed E-state index contributed by atoms with van der Waals surface area (Å²) in [5.41, 5.74) is 5.41. The number of nitriles is 1. The largest absolute Gasteiger partial charge is 0.384 e. The van der Waals surface area contributed by atoms with Gasteiger partial charge in [-0.25, -0.2) is 13.4 Å². The Morgan fingerprint density at radius 2 is 2.33 bits per heavy atom. The first-order valence-electron chi connectivity index (χ1n) is 5.27. The van der Waals surface area contributed by atoms with Crippen molar-refractivity contribution < 1.29 is 13.2 Å². The van der Waals surface area contributed by atoms with Crippen molar-refractivity contribution in [3.8, 4) is 6.07 Å². The van der Waals surface area contributed by atoms with Crippen molar-refractivity contribution in [2.24, 2.45) is 0 Å². The van der Waals surface area contributed by atoms with Crippen LogP contribution in [-0.4, -0.2) is 43.5 Å². The predicted molar refractivity (Wildman–Crippen MR) is 62.8 cm³/mol. The number of rotatable bonds is 2. The molecule has 2 heterocycles. The highest BCUT2D eigenvalue weighted by Gasteiger charge is 2.30. The molecule has 0 spiro atoms. The van der Waals surface area contributed by atoms with Crippen LogP contribution >= 0.6 is 0 Å². The van der Waals surface area contributed by atoms with E-state index < -0.39 is 16.1 Å². The lowest BCUT2D eigenvalue weighted by Crippen LogP contribution is -2.45. The average Bonchev–Trinajstić information content (AvgIpc) is 2.39. The van der Waals surface area contributed by atoms with Gasteiger partial charge in [0.25, 0.3) is 0 Å². The number of pyridine rings is 1. The van der Waals surface area contributed by atoms with Gasteiger partial charge in [-0.3, -0.25) is 0 Å². The summed E-state index contributed by atoms with van der Waals surface area (Å²) in [7, 11) is -3.64. The van der Waals surface area contributed by atoms with Crippen molar-refractivity contribution >= 4 is 15.8 Å². The minimum Gasteiger partial charge on any atom is -0.384 e. The van der Waals surface area contributed by atoms with E-state index in [9.17, 15) is 8.42 Å². The average molecular weight is 268 g/mol. The Kier molecular flexibility index (Phi) is 3.47. The Morgan fingerprint density at radius 3 is 2.94 bits per heavy atom. The molecule has 2 N–H and O–H groups in total. The van der Waals surface area contributed by atoms with E-state index in [0.29, 0.717) is 0 Å². The topological polar surface area (TPSA) is 109 Å². The fraction of sp³-hybridized carbons (Fsp3) is 0.400. The van der Waals surface area contributed by atoms with Crippen molar-refractivity contribution in [2.75, 3.05) is 25.4 Å². The number of anilines is 1. The number of nitrogens with two attached hydrogens (primary N) is 1. The third-order valence-electron chi connectivity index (χ3n) is 2.57. The molecule has 0 aliphatic carbocycles. The molecule has 8 heteroatoms. The molecule has 1 saturated heterocycles. The van der Waals surface area contributed by atoms with Gasteiger partial charge in [-0.05, 0) is 12.1 Å². The van der Waals surface area contributed by atoms with Crippen molar-refractivity contribution in [1.29, 1.82) is 5.26 Å². The summed E-state index contributed by atoms with van der Waals surface area (Å²) >= 11 is 0. The molecule has 0 radical (unpaired) electrons. The fourth-order valence-corrected chi connectivity index (χ4v) is 2.99. The van der Waals surface area contributed by atoms with Crippen LogP contribution < -0.4 is 5.73 Å². The van der Waals surface area contributed by atoms with E-state index in [0.717, 1.165) is 0 Å². The second-order valence-corrected chi connectivity index (χ2v) is 5.71. The minimum absolute atomic E-state index is 0.0310. The summed E-state index contributed by atoms with van der Waals surface area (Å²) in [6.07, 6.45) is 0.483. The van der Waals surface area contributed by atoms with E-state index >= 15 is 0 Å². The molecule has 1 aliphatic rings. The van der Waals surface area contributed by atoms with Gasteiger partial charge in [-0.1, -0.05) is 0 Å². The van der Waals surface area contributed by atoms with Crippen LogP contribution in [0.1, 0.15) is 0 Å². The molecular formula is C10H12N4O3S. The zero-order valence-corrected chi connectivity index (χ0v) is 10.3. The minimum atomic E-state index is -3.64. The number of sulfonamides is 1. The molecule has 1 fully saturated rings. The smallest absolute Gasteiger partial charge is 0.244 e. The zero-order valence-electron chi connectivity index (χ0n) is 9.48. The van der Waals surface area contributed by atoms with Crippen LogP contribution in [0.5, 0.6) is 0 Å². The van der Waals surface area contributed by atoms with Gasteiger partial charge in [-0.2, -0.15) is 9.57 Å². The number of hydrogen-bond donors (Lipinski definition) is 1. The molecule has 0 aromatic carbocycles. The van der Waals surface area contributed by atoms with E-state index in [1.807, 2.05) is 6.07 Å². The SMILES string of the molecule is N#CC1CN(S(=O)(=O)c2ccc(N)nc2)CCO1. The van der Waals surface area contributed by atoms with E-state index in [1.165, 1.54) is 22.6 Å². The van der Waals surface area contributed by atoms with Crippen molar-refractivity contribution in [3.05, 3.63) is 18.3 Å². The highest BCUT2D eigenvalue weighted by atomic mass is 32.2. The van der Waals surface area contributed by atoms with Gasteiger partial charge in [0.15, 0.2) is 6.10 Å². The number of aromatic nitrogens is 1. The van der Waals surface area contributed by atoms with Gasteiger partial charge < -0.3 is 10.5 Å². The molecule has 1 aromatic heterocycles. The molecule has 2 rings (SSSR count). The van der Waals surface area contributed by atoms with E-state index in [1.54, 1.807) is 0 Å². The van der Waals surface area contributed by atoms with Gasteiger partial charge in [0, 0.05) is 12.7 Å². The lowest BCUT2D eigenvalue weighted by Gasteiger charge is -2.28. The summed E-state index contributed by atoms with van der Waals surface area (Å²) < 4.78 is 30.8. The number of nitrogen functional groups attached to an aromatic ring is 1. The number of hydrogen-bond acceptors (Lipinski definition) is 6. The van der Waals surface area contributed by atoms with Crippen LogP contribution in [0.25, 0.3) is 0 Å². The summed E-state index contributed by atoms with van der Waals surface area (Å²) in [5.74, 6) is 0.255. The van der Waals surface area contributed by atoms with Crippen LogP contribution in [0.3, 0.4) is 0 Å². The Morgan fingerprint density at radius 1 is 1.56 bits per heavy atom. The van der Waals surface area contributed by atoms with E-state index in [-0.39, 0.29) is 30.4 Å². The van der Waals surface area contributed by atoms with Crippen molar-refractivity contribution in [3.63, 3.8) is 0 Å². The first-order valence-corrected chi connectivity index (χ1v) is 6.71. The Balaban J connectivity index is 2.26. The van der Waals surface area contributed by atoms with Crippen LogP contribution in [0.2, 0.25) is 0 Å². The Labute approximate surface area is 105 Å². The normalized spacial score (nSPS) is 21.4.